The lowest BCUT2D eigenvalue weighted by atomic mass is 10.2. The van der Waals surface area contributed by atoms with E-state index in [0.29, 0.717) is 13.1 Å². The molecule has 0 unspecified atom stereocenters. The van der Waals surface area contributed by atoms with Crippen LogP contribution in [0.25, 0.3) is 0 Å². The minimum atomic E-state index is -3.07. The molecule has 0 saturated carbocycles. The van der Waals surface area contributed by atoms with Gasteiger partial charge in [0.15, 0.2) is 0 Å². The highest BCUT2D eigenvalue weighted by Gasteiger charge is 2.01. The molecule has 18 heavy (non-hydrogen) atoms. The minimum absolute atomic E-state index is 0.456. The van der Waals surface area contributed by atoms with Gasteiger partial charge in [-0.25, -0.2) is 13.1 Å². The van der Waals surface area contributed by atoms with Gasteiger partial charge in [0.1, 0.15) is 5.75 Å². The molecular formula is C12H20N2O3S. The van der Waals surface area contributed by atoms with Gasteiger partial charge in [-0.2, -0.15) is 0 Å². The summed E-state index contributed by atoms with van der Waals surface area (Å²) in [5, 5.41) is 3.25. The molecule has 0 amide bonds. The second kappa shape index (κ2) is 7.35. The van der Waals surface area contributed by atoms with Gasteiger partial charge in [-0.3, -0.25) is 0 Å². The lowest BCUT2D eigenvalue weighted by Gasteiger charge is -2.09. The van der Waals surface area contributed by atoms with Crippen molar-refractivity contribution in [2.24, 2.45) is 0 Å². The first-order valence-electron chi connectivity index (χ1n) is 5.80. The van der Waals surface area contributed by atoms with Gasteiger partial charge in [-0.1, -0.05) is 18.2 Å². The molecule has 0 saturated heterocycles. The highest BCUT2D eigenvalue weighted by Crippen LogP contribution is 2.16. The fourth-order valence-corrected chi connectivity index (χ4v) is 2.06. The third kappa shape index (κ3) is 6.00. The molecule has 5 nitrogen and oxygen atoms in total. The van der Waals surface area contributed by atoms with E-state index in [2.05, 4.69) is 10.0 Å². The predicted octanol–water partition coefficient (Wildman–Crippen LogP) is 0.724. The first-order valence-corrected chi connectivity index (χ1v) is 7.69. The van der Waals surface area contributed by atoms with Crippen molar-refractivity contribution in [1.82, 2.24) is 10.0 Å². The van der Waals surface area contributed by atoms with Crippen LogP contribution in [0.5, 0.6) is 5.75 Å². The summed E-state index contributed by atoms with van der Waals surface area (Å²) in [4.78, 5) is 0. The maximum atomic E-state index is 10.8. The molecule has 0 aromatic heterocycles. The van der Waals surface area contributed by atoms with E-state index in [9.17, 15) is 8.42 Å². The molecule has 0 bridgehead atoms. The molecule has 102 valence electrons. The third-order valence-corrected chi connectivity index (χ3v) is 3.13. The maximum absolute atomic E-state index is 10.8. The first kappa shape index (κ1) is 14.9. The molecule has 0 fully saturated rings. The van der Waals surface area contributed by atoms with Crippen molar-refractivity contribution in [3.8, 4) is 5.75 Å². The Labute approximate surface area is 109 Å². The first-order chi connectivity index (χ1) is 8.53. The van der Waals surface area contributed by atoms with Crippen molar-refractivity contribution in [2.75, 3.05) is 26.5 Å². The molecule has 0 atom stereocenters. The largest absolute Gasteiger partial charge is 0.496 e. The van der Waals surface area contributed by atoms with Crippen LogP contribution in [0.2, 0.25) is 0 Å². The minimum Gasteiger partial charge on any atom is -0.496 e. The number of sulfonamides is 1. The molecule has 2 N–H and O–H groups in total. The van der Waals surface area contributed by atoms with Gasteiger partial charge in [0, 0.05) is 18.7 Å². The SMILES string of the molecule is COc1ccccc1CNCCCNS(C)(=O)=O. The molecule has 6 heteroatoms. The zero-order valence-corrected chi connectivity index (χ0v) is 11.6. The zero-order valence-electron chi connectivity index (χ0n) is 10.8. The lowest BCUT2D eigenvalue weighted by Crippen LogP contribution is -2.26. The van der Waals surface area contributed by atoms with E-state index in [-0.39, 0.29) is 0 Å². The lowest BCUT2D eigenvalue weighted by molar-refractivity contribution is 0.407. The topological polar surface area (TPSA) is 67.4 Å². The molecule has 1 rings (SSSR count). The van der Waals surface area contributed by atoms with Gasteiger partial charge in [0.05, 0.1) is 13.4 Å². The van der Waals surface area contributed by atoms with Gasteiger partial charge < -0.3 is 10.1 Å². The van der Waals surface area contributed by atoms with E-state index >= 15 is 0 Å². The summed E-state index contributed by atoms with van der Waals surface area (Å²) in [7, 11) is -1.42. The van der Waals surface area contributed by atoms with Gasteiger partial charge in [0.25, 0.3) is 0 Å². The van der Waals surface area contributed by atoms with Gasteiger partial charge in [-0.15, -0.1) is 0 Å². The average Bonchev–Trinajstić information content (AvgIpc) is 2.32. The van der Waals surface area contributed by atoms with Crippen LogP contribution >= 0.6 is 0 Å². The van der Waals surface area contributed by atoms with E-state index in [1.54, 1.807) is 7.11 Å². The molecule has 1 aromatic rings. The second-order valence-corrected chi connectivity index (χ2v) is 5.84. The highest BCUT2D eigenvalue weighted by atomic mass is 32.2. The average molecular weight is 272 g/mol. The fourth-order valence-electron chi connectivity index (χ4n) is 1.54. The number of para-hydroxylation sites is 1. The Hall–Kier alpha value is -1.11. The Balaban J connectivity index is 2.22. The summed E-state index contributed by atoms with van der Waals surface area (Å²) in [5.41, 5.74) is 1.09. The number of nitrogens with one attached hydrogen (secondary N) is 2. The van der Waals surface area contributed by atoms with Gasteiger partial charge >= 0.3 is 0 Å². The molecule has 1 aromatic carbocycles. The van der Waals surface area contributed by atoms with E-state index in [4.69, 9.17) is 4.74 Å². The predicted molar refractivity (Wildman–Crippen MR) is 72.2 cm³/mol. The maximum Gasteiger partial charge on any atom is 0.208 e. The van der Waals surface area contributed by atoms with E-state index in [1.165, 1.54) is 0 Å². The summed E-state index contributed by atoms with van der Waals surface area (Å²) < 4.78 is 29.3. The molecule has 0 aliphatic heterocycles. The van der Waals surface area contributed by atoms with Crippen LogP contribution in [0, 0.1) is 0 Å². The number of rotatable bonds is 8. The Morgan fingerprint density at radius 2 is 1.94 bits per heavy atom. The number of hydrogen-bond acceptors (Lipinski definition) is 4. The number of hydrogen-bond donors (Lipinski definition) is 2. The monoisotopic (exact) mass is 272 g/mol. The van der Waals surface area contributed by atoms with E-state index in [1.807, 2.05) is 24.3 Å². The van der Waals surface area contributed by atoms with Crippen LogP contribution in [0.4, 0.5) is 0 Å². The Morgan fingerprint density at radius 1 is 1.22 bits per heavy atom. The van der Waals surface area contributed by atoms with Crippen LogP contribution in [0.3, 0.4) is 0 Å². The Morgan fingerprint density at radius 3 is 2.61 bits per heavy atom. The summed E-state index contributed by atoms with van der Waals surface area (Å²) in [5.74, 6) is 0.860. The molecule has 0 heterocycles. The van der Waals surface area contributed by atoms with Crippen molar-refractivity contribution >= 4 is 10.0 Å². The quantitative estimate of drug-likeness (QED) is 0.684. The van der Waals surface area contributed by atoms with Crippen molar-refractivity contribution in [2.45, 2.75) is 13.0 Å². The highest BCUT2D eigenvalue weighted by molar-refractivity contribution is 7.88. The van der Waals surface area contributed by atoms with Crippen molar-refractivity contribution in [3.63, 3.8) is 0 Å². The molecule has 0 spiro atoms. The Kier molecular flexibility index (Phi) is 6.11. The summed E-state index contributed by atoms with van der Waals surface area (Å²) in [6, 6.07) is 7.81. The Bertz CT molecular complexity index is 460. The standard InChI is InChI=1S/C12H20N2O3S/c1-17-12-7-4-3-6-11(12)10-13-8-5-9-14-18(2,15)16/h3-4,6-7,13-14H,5,8-10H2,1-2H3. The van der Waals surface area contributed by atoms with E-state index in [0.717, 1.165) is 30.5 Å². The molecule has 0 aliphatic carbocycles. The van der Waals surface area contributed by atoms with Gasteiger partial charge in [0.2, 0.25) is 10.0 Å². The van der Waals surface area contributed by atoms with Gasteiger partial charge in [-0.05, 0) is 19.0 Å². The molecule has 0 aliphatic rings. The van der Waals surface area contributed by atoms with Crippen LogP contribution in [-0.2, 0) is 16.6 Å². The number of ether oxygens (including phenoxy) is 1. The molecular weight excluding hydrogens is 252 g/mol. The second-order valence-electron chi connectivity index (χ2n) is 4.01. The summed E-state index contributed by atoms with van der Waals surface area (Å²) in [6.45, 7) is 1.92. The van der Waals surface area contributed by atoms with Crippen molar-refractivity contribution in [3.05, 3.63) is 29.8 Å². The smallest absolute Gasteiger partial charge is 0.208 e. The number of benzene rings is 1. The normalized spacial score (nSPS) is 11.4. The van der Waals surface area contributed by atoms with Crippen LogP contribution in [0.1, 0.15) is 12.0 Å². The summed E-state index contributed by atoms with van der Waals surface area (Å²) >= 11 is 0. The van der Waals surface area contributed by atoms with Crippen LogP contribution in [-0.4, -0.2) is 34.9 Å². The third-order valence-electron chi connectivity index (χ3n) is 2.40. The number of methoxy groups -OCH3 is 1. The van der Waals surface area contributed by atoms with Crippen LogP contribution < -0.4 is 14.8 Å². The van der Waals surface area contributed by atoms with E-state index < -0.39 is 10.0 Å². The van der Waals surface area contributed by atoms with Crippen molar-refractivity contribution < 1.29 is 13.2 Å². The van der Waals surface area contributed by atoms with Crippen LogP contribution in [0.15, 0.2) is 24.3 Å². The van der Waals surface area contributed by atoms with Crippen molar-refractivity contribution in [1.29, 1.82) is 0 Å². The zero-order chi connectivity index (χ0) is 13.4. The fraction of sp³-hybridized carbons (Fsp3) is 0.500. The molecule has 0 radical (unpaired) electrons. The summed E-state index contributed by atoms with van der Waals surface area (Å²) in [6.07, 6.45) is 1.91.